The first-order valence-corrected chi connectivity index (χ1v) is 8.39. The van der Waals surface area contributed by atoms with Gasteiger partial charge in [0.05, 0.1) is 5.69 Å². The molecule has 0 amide bonds. The highest BCUT2D eigenvalue weighted by Gasteiger charge is 2.09. The molecule has 2 N–H and O–H groups in total. The molecule has 112 valence electrons. The van der Waals surface area contributed by atoms with Crippen LogP contribution in [0.1, 0.15) is 32.5 Å². The molecule has 0 bridgehead atoms. The summed E-state index contributed by atoms with van der Waals surface area (Å²) < 4.78 is 0. The van der Waals surface area contributed by atoms with Crippen LogP contribution >= 0.6 is 11.8 Å². The van der Waals surface area contributed by atoms with E-state index in [0.29, 0.717) is 5.92 Å². The molecule has 4 nitrogen and oxygen atoms in total. The third kappa shape index (κ3) is 4.11. The second-order valence-corrected chi connectivity index (χ2v) is 5.86. The van der Waals surface area contributed by atoms with Gasteiger partial charge in [-0.25, -0.2) is 9.97 Å². The van der Waals surface area contributed by atoms with E-state index in [1.807, 2.05) is 18.2 Å². The van der Waals surface area contributed by atoms with Crippen LogP contribution in [-0.2, 0) is 0 Å². The lowest BCUT2D eigenvalue weighted by Crippen LogP contribution is -2.07. The van der Waals surface area contributed by atoms with E-state index in [1.165, 1.54) is 4.90 Å². The first-order valence-electron chi connectivity index (χ1n) is 7.17. The molecule has 0 aliphatic rings. The van der Waals surface area contributed by atoms with Crippen molar-refractivity contribution >= 4 is 29.1 Å². The van der Waals surface area contributed by atoms with Gasteiger partial charge in [-0.2, -0.15) is 0 Å². The Morgan fingerprint density at radius 3 is 2.52 bits per heavy atom. The third-order valence-corrected chi connectivity index (χ3v) is 3.78. The molecular weight excluding hydrogens is 280 g/mol. The van der Waals surface area contributed by atoms with Gasteiger partial charge in [-0.1, -0.05) is 26.0 Å². The number of hydrogen-bond donors (Lipinski definition) is 2. The lowest BCUT2D eigenvalue weighted by atomic mass is 10.2. The van der Waals surface area contributed by atoms with Gasteiger partial charge in [0.15, 0.2) is 0 Å². The van der Waals surface area contributed by atoms with E-state index in [2.05, 4.69) is 59.8 Å². The summed E-state index contributed by atoms with van der Waals surface area (Å²) in [6.07, 6.45) is 2.07. The molecule has 1 aromatic heterocycles. The molecule has 0 saturated heterocycles. The first-order chi connectivity index (χ1) is 10.1. The fourth-order valence-electron chi connectivity index (χ4n) is 1.95. The maximum atomic E-state index is 4.61. The summed E-state index contributed by atoms with van der Waals surface area (Å²) in [5, 5.41) is 6.67. The number of hydrogen-bond acceptors (Lipinski definition) is 5. The largest absolute Gasteiger partial charge is 0.370 e. The van der Waals surface area contributed by atoms with Crippen molar-refractivity contribution in [3.05, 3.63) is 36.2 Å². The number of anilines is 3. The minimum atomic E-state index is 0.292. The zero-order valence-corrected chi connectivity index (χ0v) is 13.8. The number of nitrogens with zero attached hydrogens (tertiary/aromatic N) is 2. The van der Waals surface area contributed by atoms with Crippen LogP contribution in [0.25, 0.3) is 0 Å². The maximum Gasteiger partial charge on any atom is 0.136 e. The molecule has 0 fully saturated rings. The van der Waals surface area contributed by atoms with Crippen molar-refractivity contribution in [1.82, 2.24) is 9.97 Å². The van der Waals surface area contributed by atoms with Crippen LogP contribution in [-0.4, -0.2) is 22.8 Å². The van der Waals surface area contributed by atoms with Crippen molar-refractivity contribution in [2.45, 2.75) is 31.6 Å². The van der Waals surface area contributed by atoms with Gasteiger partial charge in [-0.3, -0.25) is 0 Å². The normalized spacial score (nSPS) is 10.7. The van der Waals surface area contributed by atoms with Gasteiger partial charge in [0, 0.05) is 23.4 Å². The molecule has 1 aromatic carbocycles. The Morgan fingerprint density at radius 1 is 1.14 bits per heavy atom. The number of benzene rings is 1. The van der Waals surface area contributed by atoms with E-state index in [0.717, 1.165) is 29.7 Å². The van der Waals surface area contributed by atoms with Gasteiger partial charge in [0.1, 0.15) is 17.5 Å². The predicted octanol–water partition coefficient (Wildman–Crippen LogP) is 4.50. The average molecular weight is 302 g/mol. The van der Waals surface area contributed by atoms with Crippen LogP contribution in [0, 0.1) is 0 Å². The summed E-state index contributed by atoms with van der Waals surface area (Å²) >= 11 is 1.72. The average Bonchev–Trinajstić information content (AvgIpc) is 2.48. The Labute approximate surface area is 130 Å². The van der Waals surface area contributed by atoms with Gasteiger partial charge >= 0.3 is 0 Å². The second kappa shape index (κ2) is 7.31. The quantitative estimate of drug-likeness (QED) is 0.770. The minimum Gasteiger partial charge on any atom is -0.370 e. The SMILES string of the molecule is CCNc1cc(Nc2ccccc2SC)nc(C(C)C)n1. The number of aromatic nitrogens is 2. The van der Waals surface area contributed by atoms with Crippen LogP contribution < -0.4 is 10.6 Å². The molecule has 0 aliphatic heterocycles. The van der Waals surface area contributed by atoms with Crippen molar-refractivity contribution in [2.24, 2.45) is 0 Å². The molecule has 0 radical (unpaired) electrons. The van der Waals surface area contributed by atoms with Crippen molar-refractivity contribution in [1.29, 1.82) is 0 Å². The van der Waals surface area contributed by atoms with Crippen LogP contribution in [0.4, 0.5) is 17.3 Å². The highest BCUT2D eigenvalue weighted by Crippen LogP contribution is 2.28. The molecule has 21 heavy (non-hydrogen) atoms. The Bertz CT molecular complexity index is 599. The standard InChI is InChI=1S/C16H22N4S/c1-5-17-14-10-15(20-16(19-14)11(2)3)18-12-8-6-7-9-13(12)21-4/h6-11H,5H2,1-4H3,(H2,17,18,19,20). The summed E-state index contributed by atoms with van der Waals surface area (Å²) in [7, 11) is 0. The number of para-hydroxylation sites is 1. The topological polar surface area (TPSA) is 49.8 Å². The Balaban J connectivity index is 2.34. The number of rotatable bonds is 6. The molecule has 0 aliphatic carbocycles. The summed E-state index contributed by atoms with van der Waals surface area (Å²) in [5.74, 6) is 2.82. The fraction of sp³-hybridized carbons (Fsp3) is 0.375. The van der Waals surface area contributed by atoms with E-state index in [-0.39, 0.29) is 0 Å². The Kier molecular flexibility index (Phi) is 5.44. The van der Waals surface area contributed by atoms with Crippen molar-refractivity contribution in [2.75, 3.05) is 23.4 Å². The zero-order valence-electron chi connectivity index (χ0n) is 13.0. The van der Waals surface area contributed by atoms with Crippen LogP contribution in [0.5, 0.6) is 0 Å². The van der Waals surface area contributed by atoms with E-state index in [9.17, 15) is 0 Å². The lowest BCUT2D eigenvalue weighted by molar-refractivity contribution is 0.777. The van der Waals surface area contributed by atoms with Gasteiger partial charge in [0.25, 0.3) is 0 Å². The molecule has 0 atom stereocenters. The lowest BCUT2D eigenvalue weighted by Gasteiger charge is -2.13. The van der Waals surface area contributed by atoms with Crippen LogP contribution in [0.2, 0.25) is 0 Å². The summed E-state index contributed by atoms with van der Waals surface area (Å²) in [4.78, 5) is 10.4. The molecule has 0 saturated carbocycles. The van der Waals surface area contributed by atoms with E-state index < -0.39 is 0 Å². The van der Waals surface area contributed by atoms with Gasteiger partial charge < -0.3 is 10.6 Å². The maximum absolute atomic E-state index is 4.61. The summed E-state index contributed by atoms with van der Waals surface area (Å²) in [6, 6.07) is 10.2. The number of nitrogens with one attached hydrogen (secondary N) is 2. The molecule has 0 unspecified atom stereocenters. The van der Waals surface area contributed by atoms with Crippen LogP contribution in [0.15, 0.2) is 35.2 Å². The van der Waals surface area contributed by atoms with Crippen LogP contribution in [0.3, 0.4) is 0 Å². The predicted molar refractivity (Wildman–Crippen MR) is 91.8 cm³/mol. The molecule has 5 heteroatoms. The molecule has 2 rings (SSSR count). The summed E-state index contributed by atoms with van der Waals surface area (Å²) in [5.41, 5.74) is 1.07. The smallest absolute Gasteiger partial charge is 0.136 e. The van der Waals surface area contributed by atoms with E-state index >= 15 is 0 Å². The minimum absolute atomic E-state index is 0.292. The Hall–Kier alpha value is -1.75. The fourth-order valence-corrected chi connectivity index (χ4v) is 2.50. The van der Waals surface area contributed by atoms with Gasteiger partial charge in [-0.15, -0.1) is 11.8 Å². The second-order valence-electron chi connectivity index (χ2n) is 5.01. The Morgan fingerprint density at radius 2 is 1.86 bits per heavy atom. The van der Waals surface area contributed by atoms with Crippen molar-refractivity contribution < 1.29 is 0 Å². The molecule has 0 spiro atoms. The summed E-state index contributed by atoms with van der Waals surface area (Å²) in [6.45, 7) is 7.11. The monoisotopic (exact) mass is 302 g/mol. The molecule has 2 aromatic rings. The van der Waals surface area contributed by atoms with Gasteiger partial charge in [0.2, 0.25) is 0 Å². The van der Waals surface area contributed by atoms with E-state index in [4.69, 9.17) is 0 Å². The molecule has 1 heterocycles. The van der Waals surface area contributed by atoms with Gasteiger partial charge in [-0.05, 0) is 25.3 Å². The zero-order chi connectivity index (χ0) is 15.2. The van der Waals surface area contributed by atoms with E-state index in [1.54, 1.807) is 11.8 Å². The highest BCUT2D eigenvalue weighted by atomic mass is 32.2. The highest BCUT2D eigenvalue weighted by molar-refractivity contribution is 7.98. The van der Waals surface area contributed by atoms with Crippen molar-refractivity contribution in [3.8, 4) is 0 Å². The molecular formula is C16H22N4S. The first kappa shape index (κ1) is 15.6. The third-order valence-electron chi connectivity index (χ3n) is 2.99. The van der Waals surface area contributed by atoms with Crippen molar-refractivity contribution in [3.63, 3.8) is 0 Å². The number of thioether (sulfide) groups is 1.